The second kappa shape index (κ2) is 6.21. The molecule has 0 aromatic carbocycles. The summed E-state index contributed by atoms with van der Waals surface area (Å²) in [6.45, 7) is 4.60. The third-order valence-corrected chi connectivity index (χ3v) is 4.01. The van der Waals surface area contributed by atoms with Gasteiger partial charge in [0, 0.05) is 24.5 Å². The second-order valence-corrected chi connectivity index (χ2v) is 5.83. The average molecular weight is 295 g/mol. The van der Waals surface area contributed by atoms with Crippen LogP contribution in [0.2, 0.25) is 0 Å². The lowest BCUT2D eigenvalue weighted by Crippen LogP contribution is -2.31. The van der Waals surface area contributed by atoms with Gasteiger partial charge in [0.05, 0.1) is 11.7 Å². The number of nitrogens with zero attached hydrogens (tertiary/aromatic N) is 3. The van der Waals surface area contributed by atoms with Crippen molar-refractivity contribution >= 4 is 23.6 Å². The largest absolute Gasteiger partial charge is 0.481 e. The van der Waals surface area contributed by atoms with Crippen molar-refractivity contribution in [3.63, 3.8) is 0 Å². The Labute approximate surface area is 121 Å². The Hall–Kier alpha value is -1.63. The summed E-state index contributed by atoms with van der Waals surface area (Å²) in [6, 6.07) is 1.88. The van der Waals surface area contributed by atoms with Crippen LogP contribution in [0.4, 0.5) is 0 Å². The average Bonchev–Trinajstić information content (AvgIpc) is 2.84. The highest BCUT2D eigenvalue weighted by molar-refractivity contribution is 7.99. The van der Waals surface area contributed by atoms with Crippen molar-refractivity contribution in [2.45, 2.75) is 25.4 Å². The van der Waals surface area contributed by atoms with Crippen LogP contribution < -0.4 is 0 Å². The molecule has 1 amide bonds. The molecule has 1 N–H and O–H groups in total. The minimum Gasteiger partial charge on any atom is -0.481 e. The number of likely N-dealkylation sites (tertiary alicyclic amines) is 1. The van der Waals surface area contributed by atoms with Gasteiger partial charge in [-0.05, 0) is 26.3 Å². The lowest BCUT2D eigenvalue weighted by molar-refractivity contribution is -0.141. The predicted molar refractivity (Wildman–Crippen MR) is 74.6 cm³/mol. The van der Waals surface area contributed by atoms with E-state index in [4.69, 9.17) is 5.11 Å². The van der Waals surface area contributed by atoms with Crippen molar-refractivity contribution in [1.29, 1.82) is 0 Å². The summed E-state index contributed by atoms with van der Waals surface area (Å²) in [4.78, 5) is 33.0. The Kier molecular flexibility index (Phi) is 4.59. The van der Waals surface area contributed by atoms with Crippen LogP contribution in [0.5, 0.6) is 0 Å². The Morgan fingerprint density at radius 1 is 1.40 bits per heavy atom. The summed E-state index contributed by atoms with van der Waals surface area (Å²) in [7, 11) is 0. The molecule has 1 atom stereocenters. The maximum absolute atomic E-state index is 12.0. The molecule has 1 fully saturated rings. The van der Waals surface area contributed by atoms with E-state index in [-0.39, 0.29) is 11.7 Å². The SMILES string of the molecule is Cc1cc(C)nc(SCC(=O)N2CCC(C(=O)O)C2)n1. The van der Waals surface area contributed by atoms with E-state index in [9.17, 15) is 9.59 Å². The van der Waals surface area contributed by atoms with Gasteiger partial charge in [0.1, 0.15) is 0 Å². The second-order valence-electron chi connectivity index (χ2n) is 4.89. The zero-order chi connectivity index (χ0) is 14.7. The smallest absolute Gasteiger partial charge is 0.308 e. The summed E-state index contributed by atoms with van der Waals surface area (Å²) >= 11 is 1.29. The number of amides is 1. The normalized spacial score (nSPS) is 18.3. The number of aliphatic carboxylic acids is 1. The highest BCUT2D eigenvalue weighted by atomic mass is 32.2. The fourth-order valence-corrected chi connectivity index (χ4v) is 3.02. The topological polar surface area (TPSA) is 83.4 Å². The number of aromatic nitrogens is 2. The molecule has 0 aliphatic carbocycles. The van der Waals surface area contributed by atoms with Gasteiger partial charge in [-0.3, -0.25) is 9.59 Å². The van der Waals surface area contributed by atoms with Gasteiger partial charge in [0.15, 0.2) is 5.16 Å². The first-order chi connectivity index (χ1) is 9.45. The van der Waals surface area contributed by atoms with E-state index in [1.807, 2.05) is 19.9 Å². The number of carbonyl (C=O) groups excluding carboxylic acids is 1. The highest BCUT2D eigenvalue weighted by Crippen LogP contribution is 2.19. The lowest BCUT2D eigenvalue weighted by Gasteiger charge is -2.15. The van der Waals surface area contributed by atoms with Gasteiger partial charge in [0.2, 0.25) is 5.91 Å². The third-order valence-electron chi connectivity index (χ3n) is 3.18. The number of rotatable bonds is 4. The Morgan fingerprint density at radius 3 is 2.60 bits per heavy atom. The first-order valence-electron chi connectivity index (χ1n) is 6.41. The van der Waals surface area contributed by atoms with E-state index in [1.165, 1.54) is 11.8 Å². The molecule has 1 aromatic rings. The van der Waals surface area contributed by atoms with Crippen molar-refractivity contribution in [1.82, 2.24) is 14.9 Å². The van der Waals surface area contributed by atoms with Crippen molar-refractivity contribution in [2.24, 2.45) is 5.92 Å². The van der Waals surface area contributed by atoms with Crippen LogP contribution in [0.3, 0.4) is 0 Å². The molecule has 20 heavy (non-hydrogen) atoms. The fraction of sp³-hybridized carbons (Fsp3) is 0.538. The first kappa shape index (κ1) is 14.8. The van der Waals surface area contributed by atoms with E-state index < -0.39 is 11.9 Å². The van der Waals surface area contributed by atoms with E-state index >= 15 is 0 Å². The summed E-state index contributed by atoms with van der Waals surface area (Å²) in [5.74, 6) is -1.07. The van der Waals surface area contributed by atoms with Crippen LogP contribution in [0.15, 0.2) is 11.2 Å². The molecule has 6 nitrogen and oxygen atoms in total. The number of hydrogen-bond acceptors (Lipinski definition) is 5. The van der Waals surface area contributed by atoms with E-state index in [0.29, 0.717) is 24.7 Å². The molecule has 2 rings (SSSR count). The fourth-order valence-electron chi connectivity index (χ4n) is 2.16. The molecular formula is C13H17N3O3S. The van der Waals surface area contributed by atoms with Gasteiger partial charge < -0.3 is 10.0 Å². The van der Waals surface area contributed by atoms with E-state index in [0.717, 1.165) is 11.4 Å². The molecule has 0 radical (unpaired) electrons. The maximum atomic E-state index is 12.0. The quantitative estimate of drug-likeness (QED) is 0.662. The summed E-state index contributed by atoms with van der Waals surface area (Å²) in [5.41, 5.74) is 1.75. The molecule has 0 spiro atoms. The van der Waals surface area contributed by atoms with Crippen LogP contribution in [0.25, 0.3) is 0 Å². The van der Waals surface area contributed by atoms with Gasteiger partial charge in [-0.25, -0.2) is 9.97 Å². The van der Waals surface area contributed by atoms with Gasteiger partial charge in [-0.2, -0.15) is 0 Å². The molecule has 1 unspecified atom stereocenters. The number of carbonyl (C=O) groups is 2. The maximum Gasteiger partial charge on any atom is 0.308 e. The molecule has 1 aliphatic rings. The van der Waals surface area contributed by atoms with Crippen LogP contribution in [0, 0.1) is 19.8 Å². The number of thioether (sulfide) groups is 1. The minimum atomic E-state index is -0.828. The van der Waals surface area contributed by atoms with Crippen molar-refractivity contribution in [2.75, 3.05) is 18.8 Å². The predicted octanol–water partition coefficient (Wildman–Crippen LogP) is 1.12. The highest BCUT2D eigenvalue weighted by Gasteiger charge is 2.30. The minimum absolute atomic E-state index is 0.0542. The van der Waals surface area contributed by atoms with Gasteiger partial charge in [0.25, 0.3) is 0 Å². The standard InChI is InChI=1S/C13H17N3O3S/c1-8-5-9(2)15-13(14-8)20-7-11(17)16-4-3-10(6-16)12(18)19/h5,10H,3-4,6-7H2,1-2H3,(H,18,19). The first-order valence-corrected chi connectivity index (χ1v) is 7.40. The molecule has 1 saturated heterocycles. The summed E-state index contributed by atoms with van der Waals surface area (Å²) in [5, 5.41) is 9.51. The Morgan fingerprint density at radius 2 is 2.05 bits per heavy atom. The van der Waals surface area contributed by atoms with Crippen molar-refractivity contribution in [3.8, 4) is 0 Å². The molecule has 108 valence electrons. The van der Waals surface area contributed by atoms with Crippen LogP contribution >= 0.6 is 11.8 Å². The van der Waals surface area contributed by atoms with Gasteiger partial charge in [-0.15, -0.1) is 0 Å². The van der Waals surface area contributed by atoms with Crippen LogP contribution in [0.1, 0.15) is 17.8 Å². The van der Waals surface area contributed by atoms with Crippen LogP contribution in [-0.2, 0) is 9.59 Å². The number of aryl methyl sites for hydroxylation is 2. The molecule has 1 aliphatic heterocycles. The zero-order valence-corrected chi connectivity index (χ0v) is 12.3. The Balaban J connectivity index is 1.88. The molecule has 0 saturated carbocycles. The molecule has 1 aromatic heterocycles. The van der Waals surface area contributed by atoms with Crippen molar-refractivity contribution < 1.29 is 14.7 Å². The van der Waals surface area contributed by atoms with Crippen LogP contribution in [-0.4, -0.2) is 50.7 Å². The number of carboxylic acid groups (broad SMARTS) is 1. The van der Waals surface area contributed by atoms with E-state index in [1.54, 1.807) is 4.90 Å². The Bertz CT molecular complexity index is 515. The monoisotopic (exact) mass is 295 g/mol. The van der Waals surface area contributed by atoms with Crippen molar-refractivity contribution in [3.05, 3.63) is 17.5 Å². The summed E-state index contributed by atoms with van der Waals surface area (Å²) in [6.07, 6.45) is 0.534. The van der Waals surface area contributed by atoms with Gasteiger partial charge in [-0.1, -0.05) is 11.8 Å². The lowest BCUT2D eigenvalue weighted by atomic mass is 10.1. The number of hydrogen-bond donors (Lipinski definition) is 1. The third kappa shape index (κ3) is 3.69. The van der Waals surface area contributed by atoms with E-state index in [2.05, 4.69) is 9.97 Å². The molecular weight excluding hydrogens is 278 g/mol. The zero-order valence-electron chi connectivity index (χ0n) is 11.5. The molecule has 2 heterocycles. The molecule has 7 heteroatoms. The van der Waals surface area contributed by atoms with Gasteiger partial charge >= 0.3 is 5.97 Å². The summed E-state index contributed by atoms with van der Waals surface area (Å²) < 4.78 is 0. The molecule has 0 bridgehead atoms. The number of carboxylic acids is 1.